The van der Waals surface area contributed by atoms with E-state index in [1.807, 2.05) is 12.1 Å². The first-order valence-electron chi connectivity index (χ1n) is 5.64. The Morgan fingerprint density at radius 3 is 2.35 bits per heavy atom. The highest BCUT2D eigenvalue weighted by atomic mass is 16.5. The average molecular weight is 239 g/mol. The molecule has 0 aliphatic rings. The van der Waals surface area contributed by atoms with Gasteiger partial charge in [-0.1, -0.05) is 25.5 Å². The molecule has 0 radical (unpaired) electrons. The first kappa shape index (κ1) is 15.4. The molecule has 17 heavy (non-hydrogen) atoms. The Kier molecular flexibility index (Phi) is 8.78. The quantitative estimate of drug-likeness (QED) is 0.771. The Hall–Kier alpha value is -1.55. The smallest absolute Gasteiger partial charge is 0.290 e. The third-order valence-corrected chi connectivity index (χ3v) is 2.32. The van der Waals surface area contributed by atoms with E-state index in [4.69, 9.17) is 20.4 Å². The van der Waals surface area contributed by atoms with Gasteiger partial charge in [0.15, 0.2) is 0 Å². The number of nitrogens with two attached hydrogens (primary N) is 1. The molecule has 0 amide bonds. The van der Waals surface area contributed by atoms with Gasteiger partial charge in [-0.3, -0.25) is 4.79 Å². The molecule has 3 N–H and O–H groups in total. The van der Waals surface area contributed by atoms with Crippen LogP contribution in [0.15, 0.2) is 24.3 Å². The normalized spacial score (nSPS) is 11.0. The first-order chi connectivity index (χ1) is 8.17. The monoisotopic (exact) mass is 239 g/mol. The summed E-state index contributed by atoms with van der Waals surface area (Å²) in [5.74, 6) is 0.901. The predicted molar refractivity (Wildman–Crippen MR) is 68.3 cm³/mol. The van der Waals surface area contributed by atoms with E-state index in [1.165, 1.54) is 5.56 Å². The maximum atomic E-state index is 8.36. The molecule has 1 atom stereocenters. The molecule has 1 aromatic rings. The Morgan fingerprint density at radius 1 is 1.41 bits per heavy atom. The Bertz CT molecular complexity index is 298. The maximum absolute atomic E-state index is 8.36. The number of carbonyl (C=O) groups is 1. The third-order valence-electron chi connectivity index (χ3n) is 2.32. The van der Waals surface area contributed by atoms with Gasteiger partial charge in [0.2, 0.25) is 0 Å². The first-order valence-corrected chi connectivity index (χ1v) is 5.64. The maximum Gasteiger partial charge on any atom is 0.290 e. The van der Waals surface area contributed by atoms with Crippen molar-refractivity contribution in [3.05, 3.63) is 29.8 Å². The molecule has 0 aromatic heterocycles. The summed E-state index contributed by atoms with van der Waals surface area (Å²) in [6.07, 6.45) is 3.20. The van der Waals surface area contributed by atoms with Crippen LogP contribution in [0.2, 0.25) is 0 Å². The SMILES string of the molecule is CCCC(N)Cc1ccc(OC)cc1.O=CO. The van der Waals surface area contributed by atoms with Crippen LogP contribution in [-0.4, -0.2) is 24.7 Å². The molecule has 1 unspecified atom stereocenters. The largest absolute Gasteiger partial charge is 0.497 e. The lowest BCUT2D eigenvalue weighted by Crippen LogP contribution is -2.22. The molecule has 0 saturated heterocycles. The average Bonchev–Trinajstić information content (AvgIpc) is 2.31. The molecule has 4 heteroatoms. The van der Waals surface area contributed by atoms with Crippen LogP contribution in [0.4, 0.5) is 0 Å². The van der Waals surface area contributed by atoms with Gasteiger partial charge in [-0.05, 0) is 30.5 Å². The highest BCUT2D eigenvalue weighted by Gasteiger charge is 2.02. The van der Waals surface area contributed by atoms with Crippen molar-refractivity contribution in [2.24, 2.45) is 5.73 Å². The third kappa shape index (κ3) is 7.36. The van der Waals surface area contributed by atoms with Gasteiger partial charge in [0.05, 0.1) is 7.11 Å². The number of hydrogen-bond acceptors (Lipinski definition) is 3. The summed E-state index contributed by atoms with van der Waals surface area (Å²) in [4.78, 5) is 8.36. The van der Waals surface area contributed by atoms with E-state index < -0.39 is 0 Å². The van der Waals surface area contributed by atoms with Crippen LogP contribution in [0, 0.1) is 0 Å². The van der Waals surface area contributed by atoms with Crippen molar-refractivity contribution < 1.29 is 14.6 Å². The van der Waals surface area contributed by atoms with Crippen LogP contribution in [0.25, 0.3) is 0 Å². The van der Waals surface area contributed by atoms with E-state index in [0.29, 0.717) is 0 Å². The summed E-state index contributed by atoms with van der Waals surface area (Å²) in [6.45, 7) is 1.91. The number of hydrogen-bond donors (Lipinski definition) is 2. The number of benzene rings is 1. The fourth-order valence-corrected chi connectivity index (χ4v) is 1.54. The van der Waals surface area contributed by atoms with Gasteiger partial charge in [-0.2, -0.15) is 0 Å². The second kappa shape index (κ2) is 9.66. The lowest BCUT2D eigenvalue weighted by atomic mass is 10.0. The minimum Gasteiger partial charge on any atom is -0.497 e. The zero-order valence-electron chi connectivity index (χ0n) is 10.4. The molecule has 0 aliphatic carbocycles. The summed E-state index contributed by atoms with van der Waals surface area (Å²) >= 11 is 0. The van der Waals surface area contributed by atoms with E-state index in [-0.39, 0.29) is 12.5 Å². The topological polar surface area (TPSA) is 72.5 Å². The molecule has 0 saturated carbocycles. The van der Waals surface area contributed by atoms with Gasteiger partial charge in [-0.15, -0.1) is 0 Å². The molecule has 96 valence electrons. The minimum atomic E-state index is -0.250. The summed E-state index contributed by atoms with van der Waals surface area (Å²) in [5.41, 5.74) is 7.24. The van der Waals surface area contributed by atoms with Crippen molar-refractivity contribution in [1.29, 1.82) is 0 Å². The number of carboxylic acid groups (broad SMARTS) is 1. The van der Waals surface area contributed by atoms with Crippen LogP contribution in [0.3, 0.4) is 0 Å². The van der Waals surface area contributed by atoms with Crippen LogP contribution in [0.1, 0.15) is 25.3 Å². The van der Waals surface area contributed by atoms with Crippen molar-refractivity contribution >= 4 is 6.47 Å². The molecular formula is C13H21NO3. The zero-order chi connectivity index (χ0) is 13.1. The molecule has 0 aliphatic heterocycles. The number of methoxy groups -OCH3 is 1. The molecule has 0 spiro atoms. The summed E-state index contributed by atoms with van der Waals surface area (Å²) in [5, 5.41) is 6.89. The van der Waals surface area contributed by atoms with E-state index in [0.717, 1.165) is 25.0 Å². The molecule has 1 aromatic carbocycles. The fraction of sp³-hybridized carbons (Fsp3) is 0.462. The number of ether oxygens (including phenoxy) is 1. The molecule has 0 fully saturated rings. The number of rotatable bonds is 5. The standard InChI is InChI=1S/C12H19NO.CH2O2/c1-3-4-11(13)9-10-5-7-12(14-2)8-6-10;2-1-3/h5-8,11H,3-4,9,13H2,1-2H3;1H,(H,2,3). The highest BCUT2D eigenvalue weighted by Crippen LogP contribution is 2.13. The van der Waals surface area contributed by atoms with E-state index >= 15 is 0 Å². The lowest BCUT2D eigenvalue weighted by molar-refractivity contribution is -0.122. The Morgan fingerprint density at radius 2 is 1.94 bits per heavy atom. The molecule has 0 heterocycles. The van der Waals surface area contributed by atoms with Gasteiger partial charge in [0, 0.05) is 6.04 Å². The highest BCUT2D eigenvalue weighted by molar-refractivity contribution is 5.32. The van der Waals surface area contributed by atoms with Gasteiger partial charge in [-0.25, -0.2) is 0 Å². The Labute approximate surface area is 102 Å². The van der Waals surface area contributed by atoms with Crippen molar-refractivity contribution in [3.63, 3.8) is 0 Å². The predicted octanol–water partition coefficient (Wildman–Crippen LogP) is 2.07. The summed E-state index contributed by atoms with van der Waals surface area (Å²) < 4.78 is 5.09. The lowest BCUT2D eigenvalue weighted by Gasteiger charge is -2.10. The van der Waals surface area contributed by atoms with Gasteiger partial charge in [0.1, 0.15) is 5.75 Å². The fourth-order valence-electron chi connectivity index (χ4n) is 1.54. The van der Waals surface area contributed by atoms with Crippen molar-refractivity contribution in [1.82, 2.24) is 0 Å². The molecule has 0 bridgehead atoms. The van der Waals surface area contributed by atoms with Gasteiger partial charge in [0.25, 0.3) is 6.47 Å². The Balaban J connectivity index is 0.000000770. The van der Waals surface area contributed by atoms with Gasteiger partial charge >= 0.3 is 0 Å². The second-order valence-electron chi connectivity index (χ2n) is 3.71. The van der Waals surface area contributed by atoms with Crippen LogP contribution < -0.4 is 10.5 Å². The minimum absolute atomic E-state index is 0.250. The van der Waals surface area contributed by atoms with Gasteiger partial charge < -0.3 is 15.6 Å². The van der Waals surface area contributed by atoms with Crippen molar-refractivity contribution in [2.75, 3.05) is 7.11 Å². The van der Waals surface area contributed by atoms with Crippen molar-refractivity contribution in [3.8, 4) is 5.75 Å². The summed E-state index contributed by atoms with van der Waals surface area (Å²) in [6, 6.07) is 8.40. The van der Waals surface area contributed by atoms with E-state index in [2.05, 4.69) is 19.1 Å². The summed E-state index contributed by atoms with van der Waals surface area (Å²) in [7, 11) is 1.68. The van der Waals surface area contributed by atoms with Crippen LogP contribution in [0.5, 0.6) is 5.75 Å². The van der Waals surface area contributed by atoms with Crippen LogP contribution in [-0.2, 0) is 11.2 Å². The molecule has 1 rings (SSSR count). The molecular weight excluding hydrogens is 218 g/mol. The van der Waals surface area contributed by atoms with Crippen molar-refractivity contribution in [2.45, 2.75) is 32.2 Å². The van der Waals surface area contributed by atoms with E-state index in [1.54, 1.807) is 7.11 Å². The van der Waals surface area contributed by atoms with E-state index in [9.17, 15) is 0 Å². The molecule has 4 nitrogen and oxygen atoms in total. The zero-order valence-corrected chi connectivity index (χ0v) is 10.4. The van der Waals surface area contributed by atoms with Crippen LogP contribution >= 0.6 is 0 Å². The second-order valence-corrected chi connectivity index (χ2v) is 3.71.